The maximum Gasteiger partial charge on any atom is 0.402 e. The van der Waals surface area contributed by atoms with Crippen molar-refractivity contribution in [1.82, 2.24) is 15.6 Å². The summed E-state index contributed by atoms with van der Waals surface area (Å²) in [7, 11) is 0. The number of hydrogen-bond donors (Lipinski definition) is 2. The van der Waals surface area contributed by atoms with Crippen LogP contribution in [0, 0.1) is 17.6 Å². The number of hydrogen-bond acceptors (Lipinski definition) is 4. The maximum atomic E-state index is 14.0. The summed E-state index contributed by atoms with van der Waals surface area (Å²) < 4.78 is 106. The van der Waals surface area contributed by atoms with E-state index in [1.54, 1.807) is 10.2 Å². The normalized spacial score (nSPS) is 20.5. The lowest BCUT2D eigenvalue weighted by Gasteiger charge is -2.28. The molecule has 2 fully saturated rings. The minimum Gasteiger partial charge on any atom is -0.368 e. The molecule has 1 amide bonds. The number of benzene rings is 1. The van der Waals surface area contributed by atoms with Gasteiger partial charge in [0.1, 0.15) is 11.6 Å². The lowest BCUT2D eigenvalue weighted by Crippen LogP contribution is -2.45. The van der Waals surface area contributed by atoms with Gasteiger partial charge in [-0.3, -0.25) is 9.78 Å². The summed E-state index contributed by atoms with van der Waals surface area (Å²) >= 11 is 0. The van der Waals surface area contributed by atoms with Gasteiger partial charge in [0.25, 0.3) is 5.91 Å². The topological polar surface area (TPSA) is 57.3 Å². The number of amides is 1. The number of nitrogens with one attached hydrogen (secondary N) is 2. The number of halogens is 8. The number of pyridine rings is 1. The molecule has 2 aromatic rings. The van der Waals surface area contributed by atoms with Crippen LogP contribution in [0.15, 0.2) is 30.6 Å². The highest BCUT2D eigenvalue weighted by molar-refractivity contribution is 6.03. The van der Waals surface area contributed by atoms with Crippen LogP contribution >= 0.6 is 0 Å². The van der Waals surface area contributed by atoms with Crippen molar-refractivity contribution in [3.05, 3.63) is 47.8 Å². The van der Waals surface area contributed by atoms with Gasteiger partial charge in [0, 0.05) is 49.2 Å². The van der Waals surface area contributed by atoms with Crippen LogP contribution in [0.2, 0.25) is 0 Å². The summed E-state index contributed by atoms with van der Waals surface area (Å²) in [6.45, 7) is -0.170. The molecule has 36 heavy (non-hydrogen) atoms. The van der Waals surface area contributed by atoms with E-state index in [1.807, 2.05) is 0 Å². The fraction of sp³-hybridized carbons (Fsp3) is 0.478. The molecule has 3 heterocycles. The zero-order valence-corrected chi connectivity index (χ0v) is 18.7. The Morgan fingerprint density at radius 2 is 1.72 bits per heavy atom. The maximum absolute atomic E-state index is 14.0. The number of carbonyl (C=O) groups excluding carboxylic acids is 1. The number of aromatic nitrogens is 1. The van der Waals surface area contributed by atoms with Gasteiger partial charge in [0.2, 0.25) is 0 Å². The molecule has 0 unspecified atom stereocenters. The van der Waals surface area contributed by atoms with Crippen molar-refractivity contribution in [1.29, 1.82) is 0 Å². The van der Waals surface area contributed by atoms with E-state index in [0.29, 0.717) is 25.6 Å². The third kappa shape index (κ3) is 5.40. The van der Waals surface area contributed by atoms with Crippen LogP contribution in [0.25, 0.3) is 11.1 Å². The van der Waals surface area contributed by atoms with Gasteiger partial charge in [-0.1, -0.05) is 0 Å². The average Bonchev–Trinajstić information content (AvgIpc) is 3.40. The van der Waals surface area contributed by atoms with Gasteiger partial charge in [0.05, 0.1) is 11.3 Å². The SMILES string of the molecule is O=C(NCC(C(F)(F)F)C(F)(F)F)c1cncc(-c2cc(F)cc(F)c2)c1N1CC[C@@]2(CCCN2)C1. The van der Waals surface area contributed by atoms with Crippen LogP contribution in [0.4, 0.5) is 40.8 Å². The molecule has 2 N–H and O–H groups in total. The van der Waals surface area contributed by atoms with Gasteiger partial charge >= 0.3 is 12.4 Å². The first-order valence-electron chi connectivity index (χ1n) is 11.2. The average molecular weight is 522 g/mol. The Hall–Kier alpha value is -2.96. The summed E-state index contributed by atoms with van der Waals surface area (Å²) in [6, 6.07) is 2.66. The first-order valence-corrected chi connectivity index (χ1v) is 11.2. The van der Waals surface area contributed by atoms with Crippen LogP contribution in [-0.2, 0) is 0 Å². The van der Waals surface area contributed by atoms with E-state index >= 15 is 0 Å². The molecule has 0 radical (unpaired) electrons. The fourth-order valence-corrected chi connectivity index (χ4v) is 4.87. The van der Waals surface area contributed by atoms with E-state index in [4.69, 9.17) is 0 Å². The molecule has 13 heteroatoms. The van der Waals surface area contributed by atoms with Crippen molar-refractivity contribution in [2.75, 3.05) is 31.1 Å². The lowest BCUT2D eigenvalue weighted by atomic mass is 9.96. The monoisotopic (exact) mass is 522 g/mol. The Morgan fingerprint density at radius 1 is 1.06 bits per heavy atom. The summed E-state index contributed by atoms with van der Waals surface area (Å²) in [6.07, 6.45) is -6.56. The highest BCUT2D eigenvalue weighted by Gasteiger charge is 2.56. The predicted octanol–water partition coefficient (Wildman–Crippen LogP) is 4.83. The van der Waals surface area contributed by atoms with Gasteiger partial charge in [0.15, 0.2) is 5.92 Å². The molecule has 196 valence electrons. The molecular formula is C23H22F8N4O. The van der Waals surface area contributed by atoms with E-state index in [1.165, 1.54) is 6.20 Å². The van der Waals surface area contributed by atoms with Gasteiger partial charge in [-0.2, -0.15) is 26.3 Å². The fourth-order valence-electron chi connectivity index (χ4n) is 4.87. The van der Waals surface area contributed by atoms with Gasteiger partial charge in [-0.15, -0.1) is 0 Å². The van der Waals surface area contributed by atoms with Crippen molar-refractivity contribution in [2.45, 2.75) is 37.2 Å². The van der Waals surface area contributed by atoms with Crippen molar-refractivity contribution in [3.8, 4) is 11.1 Å². The van der Waals surface area contributed by atoms with Crippen LogP contribution in [0.5, 0.6) is 0 Å². The molecule has 5 nitrogen and oxygen atoms in total. The predicted molar refractivity (Wildman–Crippen MR) is 114 cm³/mol. The van der Waals surface area contributed by atoms with E-state index in [2.05, 4.69) is 10.3 Å². The quantitative estimate of drug-likeness (QED) is 0.553. The van der Waals surface area contributed by atoms with Crippen LogP contribution in [0.1, 0.15) is 29.6 Å². The van der Waals surface area contributed by atoms with Crippen LogP contribution in [0.3, 0.4) is 0 Å². The van der Waals surface area contributed by atoms with Crippen molar-refractivity contribution >= 4 is 11.6 Å². The molecule has 0 saturated carbocycles. The molecule has 1 aromatic heterocycles. The van der Waals surface area contributed by atoms with E-state index in [-0.39, 0.29) is 27.9 Å². The summed E-state index contributed by atoms with van der Waals surface area (Å²) in [5.74, 6) is -6.78. The number of nitrogens with zero attached hydrogens (tertiary/aromatic N) is 2. The second kappa shape index (κ2) is 9.49. The largest absolute Gasteiger partial charge is 0.402 e. The van der Waals surface area contributed by atoms with Crippen molar-refractivity contribution < 1.29 is 39.9 Å². The van der Waals surface area contributed by atoms with Gasteiger partial charge in [-0.25, -0.2) is 8.78 Å². The standard InChI is InChI=1S/C23H22F8N4O/c24-14-6-13(7-15(25)8-14)16-9-32-10-17(19(16)35-5-3-21(12-35)2-1-4-34-21)20(36)33-11-18(22(26,27)28)23(29,30)31/h6-10,18,34H,1-5,11-12H2,(H,33,36)/t21-/m0/s1. The van der Waals surface area contributed by atoms with Crippen LogP contribution < -0.4 is 15.5 Å². The molecule has 1 atom stereocenters. The number of alkyl halides is 6. The summed E-state index contributed by atoms with van der Waals surface area (Å²) in [4.78, 5) is 18.6. The third-order valence-electron chi connectivity index (χ3n) is 6.59. The minimum absolute atomic E-state index is 0.0217. The second-order valence-electron chi connectivity index (χ2n) is 9.07. The summed E-state index contributed by atoms with van der Waals surface area (Å²) in [5.41, 5.74) is -0.296. The smallest absolute Gasteiger partial charge is 0.368 e. The van der Waals surface area contributed by atoms with E-state index < -0.39 is 42.4 Å². The Morgan fingerprint density at radius 3 is 2.31 bits per heavy atom. The van der Waals surface area contributed by atoms with Crippen LogP contribution in [-0.4, -0.2) is 55.0 Å². The first kappa shape index (κ1) is 26.1. The molecule has 1 spiro atoms. The van der Waals surface area contributed by atoms with E-state index in [9.17, 15) is 39.9 Å². The molecular weight excluding hydrogens is 500 g/mol. The Bertz CT molecular complexity index is 1090. The van der Waals surface area contributed by atoms with Crippen molar-refractivity contribution in [2.24, 2.45) is 5.92 Å². The molecule has 2 saturated heterocycles. The Balaban J connectivity index is 1.72. The highest BCUT2D eigenvalue weighted by atomic mass is 19.4. The van der Waals surface area contributed by atoms with Gasteiger partial charge in [-0.05, 0) is 43.5 Å². The summed E-state index contributed by atoms with van der Waals surface area (Å²) in [5, 5.41) is 5.13. The number of anilines is 1. The molecule has 1 aromatic carbocycles. The highest BCUT2D eigenvalue weighted by Crippen LogP contribution is 2.41. The third-order valence-corrected chi connectivity index (χ3v) is 6.59. The molecule has 0 bridgehead atoms. The second-order valence-corrected chi connectivity index (χ2v) is 9.07. The minimum atomic E-state index is -5.62. The molecule has 2 aliphatic heterocycles. The Kier molecular flexibility index (Phi) is 6.88. The zero-order chi connectivity index (χ0) is 26.3. The number of carbonyl (C=O) groups is 1. The molecule has 0 aliphatic carbocycles. The van der Waals surface area contributed by atoms with Gasteiger partial charge < -0.3 is 15.5 Å². The van der Waals surface area contributed by atoms with E-state index in [0.717, 1.165) is 37.7 Å². The molecule has 4 rings (SSSR count). The Labute approximate surface area is 200 Å². The zero-order valence-electron chi connectivity index (χ0n) is 18.7. The first-order chi connectivity index (χ1) is 16.8. The lowest BCUT2D eigenvalue weighted by molar-refractivity contribution is -0.281. The number of rotatable bonds is 5. The molecule has 2 aliphatic rings. The van der Waals surface area contributed by atoms with Crippen molar-refractivity contribution in [3.63, 3.8) is 0 Å².